The number of benzene rings is 5. The van der Waals surface area contributed by atoms with Crippen LogP contribution in [0.5, 0.6) is 0 Å². The fourth-order valence-electron chi connectivity index (χ4n) is 14.9. The largest absolute Gasteiger partial charge is 0.370 e. The Morgan fingerprint density at radius 3 is 0.948 bits per heavy atom. The summed E-state index contributed by atoms with van der Waals surface area (Å²) in [6.07, 6.45) is 3.51. The minimum atomic E-state index is -1.38. The van der Waals surface area contributed by atoms with E-state index in [2.05, 4.69) is 53.2 Å². The third kappa shape index (κ3) is 28.0. The van der Waals surface area contributed by atoms with Gasteiger partial charge in [0.05, 0.1) is 6.04 Å². The van der Waals surface area contributed by atoms with Crippen molar-refractivity contribution >= 4 is 82.8 Å². The van der Waals surface area contributed by atoms with Crippen molar-refractivity contribution in [3.8, 4) is 0 Å². The van der Waals surface area contributed by atoms with E-state index in [0.717, 1.165) is 0 Å². The highest BCUT2D eigenvalue weighted by Gasteiger charge is 2.44. The molecule has 12 amide bonds. The molecule has 32 heteroatoms. The van der Waals surface area contributed by atoms with Crippen LogP contribution < -0.4 is 81.8 Å². The zero-order chi connectivity index (χ0) is 83.6. The third-order valence-corrected chi connectivity index (χ3v) is 20.9. The van der Waals surface area contributed by atoms with Gasteiger partial charge in [0.2, 0.25) is 70.9 Å². The van der Waals surface area contributed by atoms with Crippen LogP contribution in [-0.4, -0.2) is 209 Å². The fourth-order valence-corrected chi connectivity index (χ4v) is 14.9. The van der Waals surface area contributed by atoms with E-state index in [1.807, 2.05) is 19.9 Å². The Balaban J connectivity index is 1.02. The Bertz CT molecular complexity index is 4110. The van der Waals surface area contributed by atoms with Crippen LogP contribution in [0.25, 0.3) is 0 Å². The molecule has 0 aliphatic carbocycles. The molecule has 624 valence electrons. The van der Waals surface area contributed by atoms with Crippen LogP contribution in [0.15, 0.2) is 152 Å². The minimum Gasteiger partial charge on any atom is -0.370 e. The number of hydrogen-bond acceptors (Lipinski definition) is 16. The summed E-state index contributed by atoms with van der Waals surface area (Å²) in [6.45, 7) is 4.97. The molecule has 3 aliphatic rings. The second-order valence-electron chi connectivity index (χ2n) is 30.4. The predicted molar refractivity (Wildman–Crippen MR) is 438 cm³/mol. The van der Waals surface area contributed by atoms with E-state index in [4.69, 9.17) is 39.5 Å². The Hall–Kier alpha value is -11.8. The molecular weight excluding hydrogens is 1480 g/mol. The lowest BCUT2D eigenvalue weighted by molar-refractivity contribution is -0.143. The summed E-state index contributed by atoms with van der Waals surface area (Å²) in [5, 5.41) is 43.3. The van der Waals surface area contributed by atoms with Crippen molar-refractivity contribution in [3.63, 3.8) is 0 Å². The highest BCUT2D eigenvalue weighted by molar-refractivity contribution is 6.00. The number of likely N-dealkylation sites (tertiary alicyclic amines) is 3. The van der Waals surface area contributed by atoms with Crippen LogP contribution in [0, 0.1) is 16.7 Å². The number of nitrogens with one attached hydrogen (secondary N) is 12. The number of hydrogen-bond donors (Lipinski definition) is 17. The molecule has 32 nitrogen and oxygen atoms in total. The number of unbranched alkanes of at least 4 members (excludes halogenated alkanes) is 1. The number of rotatable bonds is 44. The topological polar surface area (TPSA) is 513 Å². The van der Waals surface area contributed by atoms with Crippen LogP contribution >= 0.6 is 0 Å². The van der Waals surface area contributed by atoms with Crippen molar-refractivity contribution in [2.75, 3.05) is 39.3 Å². The standard InChI is InChI=1S/C84H116N20O12/c1-53(2)47-59(86)80(114)102-44-22-38-68(102)77(111)97-63(48-54-25-8-3-9-26-54)74(108)95-61(35-18-19-41-85)73(107)100-66(51-57-31-14-6-15-32-57)81(115)103-45-23-40-70(103)79(113)99-65(50-56-29-12-5-13-30-56)76(110)101-67(52-58-33-16-7-17-34-58)82(116)104-46-24-39-69(104)78(112)98-64(49-55-27-10-4-11-28-55)75(109)96-62(37-21-43-93-84(90)91)72(106)94-60(71(87)105)36-20-42-92-83(88)89/h3-17,25-34,53,59-70H,18-24,35-52,85-86H2,1-2H3,(H2,87,105)(H,94,106)(H,95,108)(H,96,109)(H,97,111)(H,98,112)(H,99,113)(H,100,107)(H,101,110)(H4,88,89,92)(H4,90,91,93)/t59-,60-,61-,62-,63-,64-,65-,66-,67-,68-,69-,70-/m0/s1. The summed E-state index contributed by atoms with van der Waals surface area (Å²) in [5.41, 5.74) is 32.2. The van der Waals surface area contributed by atoms with Gasteiger partial charge in [0.25, 0.3) is 0 Å². The molecule has 116 heavy (non-hydrogen) atoms. The number of nitrogens with zero attached hydrogens (tertiary/aromatic N) is 3. The number of amides is 12. The normalized spacial score (nSPS) is 17.4. The first kappa shape index (κ1) is 89.7. The van der Waals surface area contributed by atoms with Gasteiger partial charge in [-0.3, -0.25) is 68.4 Å². The van der Waals surface area contributed by atoms with E-state index in [0.29, 0.717) is 79.3 Å². The molecule has 12 atom stereocenters. The van der Waals surface area contributed by atoms with Crippen molar-refractivity contribution in [3.05, 3.63) is 179 Å². The highest BCUT2D eigenvalue weighted by atomic mass is 16.2. The van der Waals surface area contributed by atoms with Gasteiger partial charge < -0.3 is 96.5 Å². The van der Waals surface area contributed by atoms with Gasteiger partial charge in [-0.25, -0.2) is 0 Å². The predicted octanol–water partition coefficient (Wildman–Crippen LogP) is 0.566. The summed E-state index contributed by atoms with van der Waals surface area (Å²) in [5.74, 6) is -8.65. The van der Waals surface area contributed by atoms with Gasteiger partial charge in [0.1, 0.15) is 66.5 Å². The summed E-state index contributed by atoms with van der Waals surface area (Å²) in [6, 6.07) is 30.0. The van der Waals surface area contributed by atoms with E-state index in [1.165, 1.54) is 14.7 Å². The molecule has 5 aromatic carbocycles. The number of guanidine groups is 2. The smallest absolute Gasteiger partial charge is 0.246 e. The van der Waals surface area contributed by atoms with Crippen LogP contribution in [0.4, 0.5) is 0 Å². The van der Waals surface area contributed by atoms with E-state index in [9.17, 15) is 33.6 Å². The zero-order valence-corrected chi connectivity index (χ0v) is 66.2. The van der Waals surface area contributed by atoms with Gasteiger partial charge in [-0.15, -0.1) is 0 Å². The van der Waals surface area contributed by atoms with Crippen molar-refractivity contribution < 1.29 is 57.5 Å². The summed E-state index contributed by atoms with van der Waals surface area (Å²) in [7, 11) is 0. The first-order chi connectivity index (χ1) is 55.8. The van der Waals surface area contributed by atoms with Gasteiger partial charge >= 0.3 is 0 Å². The second kappa shape index (κ2) is 45.9. The number of carbonyl (C=O) groups excluding carboxylic acids is 12. The van der Waals surface area contributed by atoms with Gasteiger partial charge in [-0.05, 0) is 130 Å². The first-order valence-electron chi connectivity index (χ1n) is 40.2. The molecule has 0 aromatic heterocycles. The van der Waals surface area contributed by atoms with Crippen LogP contribution in [0.1, 0.15) is 132 Å². The van der Waals surface area contributed by atoms with E-state index in [-0.39, 0.29) is 134 Å². The molecule has 5 aromatic rings. The first-order valence-corrected chi connectivity index (χ1v) is 40.2. The van der Waals surface area contributed by atoms with Crippen LogP contribution in [0.2, 0.25) is 0 Å². The van der Waals surface area contributed by atoms with Gasteiger partial charge in [-0.2, -0.15) is 0 Å². The number of carbonyl (C=O) groups is 12. The lowest BCUT2D eigenvalue weighted by Gasteiger charge is -2.32. The fraction of sp³-hybridized carbons (Fsp3) is 0.476. The van der Waals surface area contributed by atoms with Crippen molar-refractivity contribution in [2.45, 2.75) is 208 Å². The van der Waals surface area contributed by atoms with Crippen molar-refractivity contribution in [2.24, 2.45) is 34.6 Å². The second-order valence-corrected chi connectivity index (χ2v) is 30.4. The maximum atomic E-state index is 15.5. The Morgan fingerprint density at radius 2 is 0.647 bits per heavy atom. The molecule has 3 saturated heterocycles. The molecule has 22 N–H and O–H groups in total. The van der Waals surface area contributed by atoms with Gasteiger partial charge in [-0.1, -0.05) is 166 Å². The molecule has 3 fully saturated rings. The van der Waals surface area contributed by atoms with Crippen molar-refractivity contribution in [1.82, 2.24) is 67.9 Å². The molecule has 0 saturated carbocycles. The number of nitrogens with two attached hydrogens (primary N) is 5. The maximum absolute atomic E-state index is 15.5. The van der Waals surface area contributed by atoms with E-state index in [1.54, 1.807) is 146 Å². The quantitative estimate of drug-likeness (QED) is 0.0144. The molecule has 0 spiro atoms. The lowest BCUT2D eigenvalue weighted by Crippen LogP contribution is -2.61. The average Bonchev–Trinajstić information content (AvgIpc) is 1.36. The third-order valence-electron chi connectivity index (χ3n) is 20.9. The molecule has 0 bridgehead atoms. The SMILES string of the molecule is CC(C)C[C@H](N)C(=O)N1CCC[C@H]1C(=O)N[C@@H](Cc1ccccc1)C(=O)N[C@@H](CCCCN)C(=O)N[C@@H](Cc1ccccc1)C(=O)N1CCC[C@H]1C(=O)N[C@@H](Cc1ccccc1)C(=O)N[C@@H](Cc1ccccc1)C(=O)N1CCC[C@H]1C(=O)N[C@@H](Cc1ccccc1)C(=O)N[C@@H](CCCNC(=N)N)C(=O)N[C@@H](CCCNC(=N)N)C(N)=O. The Morgan fingerprint density at radius 1 is 0.371 bits per heavy atom. The van der Waals surface area contributed by atoms with Gasteiger partial charge in [0.15, 0.2) is 11.9 Å². The summed E-state index contributed by atoms with van der Waals surface area (Å²) in [4.78, 5) is 180. The molecular formula is C84H116N20O12. The number of primary amides is 1. The molecule has 3 heterocycles. The Labute approximate surface area is 677 Å². The van der Waals surface area contributed by atoms with Gasteiger partial charge in [0, 0.05) is 64.8 Å². The van der Waals surface area contributed by atoms with Crippen LogP contribution in [-0.2, 0) is 89.6 Å². The van der Waals surface area contributed by atoms with Crippen molar-refractivity contribution in [1.29, 1.82) is 10.8 Å². The maximum Gasteiger partial charge on any atom is 0.246 e. The minimum absolute atomic E-state index is 0.0216. The Kier molecular flexibility index (Phi) is 35.5. The van der Waals surface area contributed by atoms with E-state index >= 15 is 24.0 Å². The van der Waals surface area contributed by atoms with E-state index < -0.39 is 137 Å². The molecule has 0 radical (unpaired) electrons. The summed E-state index contributed by atoms with van der Waals surface area (Å²) >= 11 is 0. The average molecular weight is 1600 g/mol. The van der Waals surface area contributed by atoms with Crippen LogP contribution in [0.3, 0.4) is 0 Å². The molecule has 3 aliphatic heterocycles. The zero-order valence-electron chi connectivity index (χ0n) is 66.2. The lowest BCUT2D eigenvalue weighted by atomic mass is 10.0. The molecule has 0 unspecified atom stereocenters. The highest BCUT2D eigenvalue weighted by Crippen LogP contribution is 2.25. The molecule has 8 rings (SSSR count). The monoisotopic (exact) mass is 1600 g/mol. The summed E-state index contributed by atoms with van der Waals surface area (Å²) < 4.78 is 0.